The number of para-hydroxylation sites is 1. The maximum absolute atomic E-state index is 7.02. The third-order valence-corrected chi connectivity index (χ3v) is 18.3. The number of benzene rings is 10. The van der Waals surface area contributed by atoms with Crippen LogP contribution in [0.25, 0.3) is 88.0 Å². The van der Waals surface area contributed by atoms with E-state index in [2.05, 4.69) is 258 Å². The van der Waals surface area contributed by atoms with Crippen LogP contribution in [-0.4, -0.2) is 126 Å². The SMILES string of the molecule is Bc1c(B)c(B)c(-c2cccc(-c3ccc(-c4cccc(N(c5c(B)c(B)c(-c6ccc7ccccc7c6)c(B)c5B)c5c(B)c(B)c(B)c6c(B)c(B)c(B)c(B)c56)c4)c4c3oc3ccccc34)c2)c(B)c1B. The van der Waals surface area contributed by atoms with Crippen LogP contribution in [0.3, 0.4) is 0 Å². The lowest BCUT2D eigenvalue weighted by molar-refractivity contribution is 0.670. The van der Waals surface area contributed by atoms with Crippen LogP contribution >= 0.6 is 0 Å². The van der Waals surface area contributed by atoms with Crippen molar-refractivity contribution in [3.8, 4) is 44.5 Å². The van der Waals surface area contributed by atoms with E-state index in [0.29, 0.717) is 0 Å². The van der Waals surface area contributed by atoms with Crippen molar-refractivity contribution in [1.29, 1.82) is 0 Å². The molecule has 0 aliphatic carbocycles. The third-order valence-electron chi connectivity index (χ3n) is 18.3. The quantitative estimate of drug-likeness (QED) is 0.148. The van der Waals surface area contributed by atoms with Crippen LogP contribution in [0.4, 0.5) is 17.1 Å². The van der Waals surface area contributed by atoms with Gasteiger partial charge in [-0.15, -0.1) is 27.3 Å². The molecule has 0 fully saturated rings. The Kier molecular flexibility index (Phi) is 12.5. The Morgan fingerprint density at radius 2 is 0.770 bits per heavy atom. The first kappa shape index (κ1) is 49.6. The van der Waals surface area contributed by atoms with Crippen molar-refractivity contribution in [2.75, 3.05) is 4.90 Å². The molecule has 1 aromatic heterocycles. The summed E-state index contributed by atoms with van der Waals surface area (Å²) in [5, 5.41) is 7.46. The molecule has 0 saturated carbocycles. The number of hydrogen-bond acceptors (Lipinski definition) is 2. The molecule has 336 valence electrons. The van der Waals surface area contributed by atoms with Crippen molar-refractivity contribution in [2.45, 2.75) is 0 Å². The first-order valence-corrected chi connectivity index (χ1v) is 26.5. The van der Waals surface area contributed by atoms with E-state index in [1.54, 1.807) is 0 Å². The van der Waals surface area contributed by atoms with Gasteiger partial charge in [0.15, 0.2) is 0 Å². The van der Waals surface area contributed by atoms with Crippen LogP contribution in [-0.2, 0) is 0 Å². The summed E-state index contributed by atoms with van der Waals surface area (Å²) in [6.45, 7) is 0. The van der Waals surface area contributed by atoms with E-state index in [4.69, 9.17) is 4.42 Å². The zero-order chi connectivity index (χ0) is 52.3. The molecule has 0 atom stereocenters. The van der Waals surface area contributed by atoms with Crippen molar-refractivity contribution >= 4 is 273 Å². The van der Waals surface area contributed by atoms with Gasteiger partial charge in [-0.1, -0.05) is 151 Å². The second-order valence-corrected chi connectivity index (χ2v) is 21.7. The van der Waals surface area contributed by atoms with Crippen LogP contribution in [0.1, 0.15) is 0 Å². The fraction of sp³-hybridized carbons (Fsp3) is 0. The maximum Gasteiger partial charge on any atom is 0.143 e. The van der Waals surface area contributed by atoms with E-state index < -0.39 is 0 Å². The first-order valence-electron chi connectivity index (χ1n) is 26.5. The maximum atomic E-state index is 7.02. The normalized spacial score (nSPS) is 11.6. The molecule has 11 rings (SSSR count). The molecule has 10 aromatic carbocycles. The summed E-state index contributed by atoms with van der Waals surface area (Å²) in [6, 6.07) is 47.3. The van der Waals surface area contributed by atoms with Gasteiger partial charge in [-0.05, 0) is 96.9 Å². The Hall–Kier alpha value is -6.64. The predicted octanol–water partition coefficient (Wildman–Crippen LogP) is -11.8. The average Bonchev–Trinajstić information content (AvgIpc) is 3.82. The van der Waals surface area contributed by atoms with Crippen molar-refractivity contribution < 1.29 is 4.42 Å². The summed E-state index contributed by atoms with van der Waals surface area (Å²) in [6.07, 6.45) is 0. The highest BCUT2D eigenvalue weighted by Gasteiger charge is 2.29. The summed E-state index contributed by atoms with van der Waals surface area (Å²) < 4.78 is 7.02. The second-order valence-electron chi connectivity index (χ2n) is 21.7. The summed E-state index contributed by atoms with van der Waals surface area (Å²) >= 11 is 0. The van der Waals surface area contributed by atoms with Crippen molar-refractivity contribution in [1.82, 2.24) is 0 Å². The van der Waals surface area contributed by atoms with E-state index in [-0.39, 0.29) is 0 Å². The van der Waals surface area contributed by atoms with Crippen LogP contribution in [0.5, 0.6) is 0 Å². The number of furan rings is 1. The molecule has 0 N–H and O–H groups in total. The number of rotatable bonds is 7. The van der Waals surface area contributed by atoms with Crippen LogP contribution in [0.2, 0.25) is 0 Å². The molecular weight excluding hydrogens is 876 g/mol. The molecule has 0 radical (unpaired) electrons. The lowest BCUT2D eigenvalue weighted by atomic mass is 9.59. The Labute approximate surface area is 451 Å². The number of fused-ring (bicyclic) bond motifs is 5. The summed E-state index contributed by atoms with van der Waals surface area (Å²) in [5.74, 6) is 0. The van der Waals surface area contributed by atoms with Crippen LogP contribution < -0.4 is 92.3 Å². The lowest BCUT2D eigenvalue weighted by Gasteiger charge is -2.36. The molecule has 2 nitrogen and oxygen atoms in total. The van der Waals surface area contributed by atoms with E-state index >= 15 is 0 Å². The summed E-state index contributed by atoms with van der Waals surface area (Å²) in [4.78, 5) is 2.65. The zero-order valence-electron chi connectivity index (χ0n) is 46.5. The molecule has 0 aliphatic rings. The second kappa shape index (κ2) is 18.6. The molecule has 0 saturated heterocycles. The monoisotopic (exact) mass is 932 g/mol. The van der Waals surface area contributed by atoms with Gasteiger partial charge in [-0.25, -0.2) is 0 Å². The van der Waals surface area contributed by atoms with E-state index in [1.165, 1.54) is 143 Å². The van der Waals surface area contributed by atoms with Gasteiger partial charge in [-0.3, -0.25) is 0 Å². The number of nitrogens with zero attached hydrogens (tertiary/aromatic N) is 1. The van der Waals surface area contributed by atoms with Gasteiger partial charge >= 0.3 is 0 Å². The molecule has 0 bridgehead atoms. The summed E-state index contributed by atoms with van der Waals surface area (Å²) in [7, 11) is 37.0. The van der Waals surface area contributed by atoms with Crippen molar-refractivity contribution in [3.63, 3.8) is 0 Å². The highest BCUT2D eigenvalue weighted by Crippen LogP contribution is 2.44. The number of anilines is 3. The standard InChI is InChI=1S/C56H53B16NO/c57-38-33(39(58)46(65)50(69)45(38)64)26-11-5-9-24(20-26)30-18-17-29(35-31-13-3-4-14-32(31)74-56(30)35)25-10-6-12-28(21-25)73(54-37-36(43(62)49(68)53(54)72)42(61)47(66)48(67)44(37)63)55-51(70)40(59)34(41(60)52(55)71)27-16-15-22-7-1-2-8-23(22)19-27/h1-21H,57-72H2. The van der Waals surface area contributed by atoms with Gasteiger partial charge < -0.3 is 9.32 Å². The van der Waals surface area contributed by atoms with Crippen molar-refractivity contribution in [2.24, 2.45) is 0 Å². The Morgan fingerprint density at radius 3 is 1.43 bits per heavy atom. The van der Waals surface area contributed by atoms with E-state index in [1.807, 2.05) is 0 Å². The highest BCUT2D eigenvalue weighted by molar-refractivity contribution is 6.73. The van der Waals surface area contributed by atoms with Gasteiger partial charge in [0.25, 0.3) is 0 Å². The largest absolute Gasteiger partial charge is 0.455 e. The fourth-order valence-corrected chi connectivity index (χ4v) is 12.9. The first-order chi connectivity index (χ1) is 35.4. The topological polar surface area (TPSA) is 16.4 Å². The molecule has 0 unspecified atom stereocenters. The zero-order valence-corrected chi connectivity index (χ0v) is 46.5. The molecule has 74 heavy (non-hydrogen) atoms. The predicted molar refractivity (Wildman–Crippen MR) is 376 cm³/mol. The van der Waals surface area contributed by atoms with E-state index in [9.17, 15) is 0 Å². The highest BCUT2D eigenvalue weighted by atomic mass is 16.3. The minimum atomic E-state index is 0.888. The van der Waals surface area contributed by atoms with Gasteiger partial charge in [0.2, 0.25) is 0 Å². The fourth-order valence-electron chi connectivity index (χ4n) is 12.9. The summed E-state index contributed by atoms with van der Waals surface area (Å²) in [5.41, 5.74) is 36.5. The number of hydrogen-bond donors (Lipinski definition) is 0. The molecular formula is C56H53B16NO. The van der Waals surface area contributed by atoms with Gasteiger partial charge in [-0.2, -0.15) is 0 Å². The molecule has 0 spiro atoms. The molecule has 18 heteroatoms. The van der Waals surface area contributed by atoms with Gasteiger partial charge in [0, 0.05) is 33.4 Å². The van der Waals surface area contributed by atoms with Crippen molar-refractivity contribution in [3.05, 3.63) is 127 Å². The molecule has 0 amide bonds. The van der Waals surface area contributed by atoms with Crippen LogP contribution in [0, 0.1) is 0 Å². The van der Waals surface area contributed by atoms with Gasteiger partial charge in [0.05, 0.1) is 0 Å². The minimum Gasteiger partial charge on any atom is -0.455 e. The Bertz CT molecular complexity index is 4180. The average molecular weight is 929 g/mol. The molecule has 0 aliphatic heterocycles. The Balaban J connectivity index is 1.17. The Morgan fingerprint density at radius 1 is 0.297 bits per heavy atom. The van der Waals surface area contributed by atoms with Crippen LogP contribution in [0.15, 0.2) is 132 Å². The van der Waals surface area contributed by atoms with Gasteiger partial charge in [0.1, 0.15) is 137 Å². The molecule has 11 aromatic rings. The molecule has 1 heterocycles. The minimum absolute atomic E-state index is 0.888. The third kappa shape index (κ3) is 7.55. The smallest absolute Gasteiger partial charge is 0.143 e. The lowest BCUT2D eigenvalue weighted by Crippen LogP contribution is -2.55. The van der Waals surface area contributed by atoms with E-state index in [0.717, 1.165) is 49.9 Å².